The monoisotopic (exact) mass is 314 g/mol. The Bertz CT molecular complexity index is 584. The molecule has 0 aliphatic carbocycles. The van der Waals surface area contributed by atoms with Gasteiger partial charge in [0.2, 0.25) is 0 Å². The SMILES string of the molecule is CC(Bc1ccc(Cl)cc1)C(C)(N)N(C)Cc1ccccc1. The average molecular weight is 315 g/mol. The van der Waals surface area contributed by atoms with E-state index in [-0.39, 0.29) is 5.66 Å². The molecule has 2 aromatic carbocycles. The third kappa shape index (κ3) is 4.36. The Kier molecular flexibility index (Phi) is 5.68. The maximum atomic E-state index is 6.63. The summed E-state index contributed by atoms with van der Waals surface area (Å²) < 4.78 is 0. The van der Waals surface area contributed by atoms with E-state index in [4.69, 9.17) is 17.3 Å². The first-order chi connectivity index (χ1) is 10.4. The van der Waals surface area contributed by atoms with Crippen LogP contribution in [-0.4, -0.2) is 24.9 Å². The fraction of sp³-hybridized carbons (Fsp3) is 0.333. The Morgan fingerprint density at radius 2 is 1.73 bits per heavy atom. The molecule has 2 rings (SSSR count). The first-order valence-corrected chi connectivity index (χ1v) is 8.06. The molecule has 2 aromatic rings. The van der Waals surface area contributed by atoms with Crippen molar-refractivity contribution in [2.45, 2.75) is 31.9 Å². The summed E-state index contributed by atoms with van der Waals surface area (Å²) >= 11 is 5.95. The van der Waals surface area contributed by atoms with Crippen molar-refractivity contribution < 1.29 is 0 Å². The topological polar surface area (TPSA) is 29.3 Å². The zero-order valence-electron chi connectivity index (χ0n) is 13.6. The number of benzene rings is 2. The summed E-state index contributed by atoms with van der Waals surface area (Å²) in [4.78, 5) is 2.23. The maximum absolute atomic E-state index is 6.63. The molecule has 4 heteroatoms. The van der Waals surface area contributed by atoms with Gasteiger partial charge in [0.15, 0.2) is 7.28 Å². The molecule has 0 heterocycles. The van der Waals surface area contributed by atoms with Crippen molar-refractivity contribution in [3.63, 3.8) is 0 Å². The minimum atomic E-state index is -0.379. The van der Waals surface area contributed by atoms with Crippen molar-refractivity contribution in [1.82, 2.24) is 4.90 Å². The second-order valence-electron chi connectivity index (χ2n) is 6.30. The molecule has 0 saturated carbocycles. The first kappa shape index (κ1) is 17.1. The van der Waals surface area contributed by atoms with Crippen LogP contribution in [0.5, 0.6) is 0 Å². The number of halogens is 1. The van der Waals surface area contributed by atoms with E-state index >= 15 is 0 Å². The highest BCUT2D eigenvalue weighted by Gasteiger charge is 2.31. The Morgan fingerprint density at radius 1 is 1.14 bits per heavy atom. The second kappa shape index (κ2) is 7.32. The lowest BCUT2D eigenvalue weighted by molar-refractivity contribution is 0.130. The standard InChI is InChI=1S/C18H24BClN2/c1-14(19-16-9-11-17(20)12-10-16)18(2,21)22(3)13-15-7-5-4-6-8-15/h4-12,14,19H,13,21H2,1-3H3. The normalized spacial score (nSPS) is 15.4. The van der Waals surface area contributed by atoms with Crippen LogP contribution in [0.3, 0.4) is 0 Å². The van der Waals surface area contributed by atoms with Crippen LogP contribution in [0.2, 0.25) is 10.8 Å². The molecule has 0 spiro atoms. The zero-order valence-corrected chi connectivity index (χ0v) is 14.3. The van der Waals surface area contributed by atoms with E-state index in [2.05, 4.69) is 62.2 Å². The Morgan fingerprint density at radius 3 is 2.32 bits per heavy atom. The smallest absolute Gasteiger partial charge is 0.164 e. The Hall–Kier alpha value is -1.29. The highest BCUT2D eigenvalue weighted by Crippen LogP contribution is 2.24. The molecule has 0 aliphatic heterocycles. The van der Waals surface area contributed by atoms with Gasteiger partial charge >= 0.3 is 0 Å². The second-order valence-corrected chi connectivity index (χ2v) is 6.74. The molecule has 0 aromatic heterocycles. The summed E-state index contributed by atoms with van der Waals surface area (Å²) in [6, 6.07) is 18.5. The van der Waals surface area contributed by atoms with Gasteiger partial charge in [0.05, 0.1) is 5.66 Å². The molecule has 2 nitrogen and oxygen atoms in total. The Labute approximate surface area is 139 Å². The van der Waals surface area contributed by atoms with Crippen molar-refractivity contribution in [1.29, 1.82) is 0 Å². The number of rotatable bonds is 6. The van der Waals surface area contributed by atoms with Gasteiger partial charge in [0.25, 0.3) is 0 Å². The van der Waals surface area contributed by atoms with Gasteiger partial charge in [0.1, 0.15) is 0 Å². The predicted molar refractivity (Wildman–Crippen MR) is 98.2 cm³/mol. The summed E-state index contributed by atoms with van der Waals surface area (Å²) in [5.74, 6) is 0.322. The van der Waals surface area contributed by atoms with Crippen LogP contribution in [-0.2, 0) is 6.54 Å². The van der Waals surface area contributed by atoms with Gasteiger partial charge in [0, 0.05) is 11.6 Å². The van der Waals surface area contributed by atoms with E-state index in [1.54, 1.807) is 0 Å². The summed E-state index contributed by atoms with van der Waals surface area (Å²) in [6.45, 7) is 5.16. The Balaban J connectivity index is 2.02. The lowest BCUT2D eigenvalue weighted by Crippen LogP contribution is -2.56. The molecule has 2 N–H and O–H groups in total. The molecular weight excluding hydrogens is 290 g/mol. The van der Waals surface area contributed by atoms with Crippen molar-refractivity contribution in [3.05, 3.63) is 65.2 Å². The number of nitrogens with zero attached hydrogens (tertiary/aromatic N) is 1. The fourth-order valence-electron chi connectivity index (χ4n) is 2.58. The number of nitrogens with two attached hydrogens (primary N) is 1. The van der Waals surface area contributed by atoms with Crippen LogP contribution in [0.1, 0.15) is 19.4 Å². The lowest BCUT2D eigenvalue weighted by atomic mass is 9.55. The van der Waals surface area contributed by atoms with Crippen LogP contribution in [0, 0.1) is 0 Å². The van der Waals surface area contributed by atoms with Gasteiger partial charge < -0.3 is 5.73 Å². The van der Waals surface area contributed by atoms with Crippen molar-refractivity contribution in [2.75, 3.05) is 7.05 Å². The molecule has 22 heavy (non-hydrogen) atoms. The molecule has 0 bridgehead atoms. The van der Waals surface area contributed by atoms with Gasteiger partial charge in [-0.1, -0.05) is 66.5 Å². The maximum Gasteiger partial charge on any atom is 0.164 e. The van der Waals surface area contributed by atoms with Crippen molar-refractivity contribution in [2.24, 2.45) is 5.73 Å². The lowest BCUT2D eigenvalue weighted by Gasteiger charge is -2.40. The molecule has 116 valence electrons. The van der Waals surface area contributed by atoms with Gasteiger partial charge in [-0.2, -0.15) is 0 Å². The van der Waals surface area contributed by atoms with Crippen LogP contribution in [0.25, 0.3) is 0 Å². The van der Waals surface area contributed by atoms with Gasteiger partial charge in [-0.15, -0.1) is 0 Å². The molecular formula is C18H24BClN2. The minimum Gasteiger partial charge on any atom is -0.314 e. The summed E-state index contributed by atoms with van der Waals surface area (Å²) in [5, 5.41) is 0.771. The molecule has 0 saturated heterocycles. The van der Waals surface area contributed by atoms with Crippen molar-refractivity contribution in [3.8, 4) is 0 Å². The third-order valence-electron chi connectivity index (χ3n) is 4.54. The first-order valence-electron chi connectivity index (χ1n) is 7.68. The van der Waals surface area contributed by atoms with Crippen LogP contribution < -0.4 is 11.2 Å². The number of hydrogen-bond acceptors (Lipinski definition) is 2. The molecule has 2 atom stereocenters. The van der Waals surface area contributed by atoms with E-state index in [0.717, 1.165) is 18.8 Å². The highest BCUT2D eigenvalue weighted by atomic mass is 35.5. The third-order valence-corrected chi connectivity index (χ3v) is 4.79. The summed E-state index contributed by atoms with van der Waals surface area (Å²) in [7, 11) is 3.02. The minimum absolute atomic E-state index is 0.322. The van der Waals surface area contributed by atoms with E-state index in [1.165, 1.54) is 11.0 Å². The molecule has 0 fully saturated rings. The van der Waals surface area contributed by atoms with Gasteiger partial charge in [-0.25, -0.2) is 0 Å². The zero-order chi connectivity index (χ0) is 16.2. The van der Waals surface area contributed by atoms with E-state index in [1.807, 2.05) is 18.2 Å². The van der Waals surface area contributed by atoms with Crippen LogP contribution in [0.15, 0.2) is 54.6 Å². The number of hydrogen-bond donors (Lipinski definition) is 1. The molecule has 0 radical (unpaired) electrons. The van der Waals surface area contributed by atoms with Gasteiger partial charge in [-0.05, 0) is 37.5 Å². The fourth-order valence-corrected chi connectivity index (χ4v) is 2.71. The predicted octanol–water partition coefficient (Wildman–Crippen LogP) is 3.02. The molecule has 2 unspecified atom stereocenters. The average Bonchev–Trinajstić information content (AvgIpc) is 2.50. The van der Waals surface area contributed by atoms with Crippen molar-refractivity contribution >= 4 is 24.3 Å². The van der Waals surface area contributed by atoms with Crippen LogP contribution >= 0.6 is 11.6 Å². The largest absolute Gasteiger partial charge is 0.314 e. The van der Waals surface area contributed by atoms with Gasteiger partial charge in [-0.3, -0.25) is 4.90 Å². The van der Waals surface area contributed by atoms with E-state index in [9.17, 15) is 0 Å². The highest BCUT2D eigenvalue weighted by molar-refractivity contribution is 6.55. The van der Waals surface area contributed by atoms with Crippen LogP contribution in [0.4, 0.5) is 0 Å². The quantitative estimate of drug-likeness (QED) is 0.656. The molecule has 0 aliphatic rings. The molecule has 0 amide bonds. The summed E-state index contributed by atoms with van der Waals surface area (Å²) in [6.07, 6.45) is 0. The summed E-state index contributed by atoms with van der Waals surface area (Å²) in [5.41, 5.74) is 8.79. The van der Waals surface area contributed by atoms with E-state index in [0.29, 0.717) is 5.82 Å². The van der Waals surface area contributed by atoms with E-state index < -0.39 is 0 Å².